The van der Waals surface area contributed by atoms with E-state index in [1.807, 2.05) is 60.7 Å². The van der Waals surface area contributed by atoms with Gasteiger partial charge in [0.2, 0.25) is 0 Å². The maximum absolute atomic E-state index is 6.27. The van der Waals surface area contributed by atoms with Gasteiger partial charge in [0, 0.05) is 11.1 Å². The van der Waals surface area contributed by atoms with Gasteiger partial charge in [-0.1, -0.05) is 30.3 Å². The van der Waals surface area contributed by atoms with E-state index in [1.54, 1.807) is 14.2 Å². The van der Waals surface area contributed by atoms with E-state index in [9.17, 15) is 0 Å². The van der Waals surface area contributed by atoms with E-state index in [0.717, 1.165) is 39.5 Å². The molecule has 0 fully saturated rings. The summed E-state index contributed by atoms with van der Waals surface area (Å²) < 4.78 is 16.9. The van der Waals surface area contributed by atoms with Gasteiger partial charge in [-0.15, -0.1) is 0 Å². The van der Waals surface area contributed by atoms with Crippen molar-refractivity contribution in [3.63, 3.8) is 0 Å². The third-order valence-electron chi connectivity index (χ3n) is 4.13. The topological polar surface area (TPSA) is 27.7 Å². The van der Waals surface area contributed by atoms with Crippen LogP contribution >= 0.6 is 0 Å². The average molecular weight is 361 g/mol. The van der Waals surface area contributed by atoms with Gasteiger partial charge in [0.05, 0.1) is 14.2 Å². The maximum Gasteiger partial charge on any atom is 0.128 e. The molecule has 0 unspecified atom stereocenters. The van der Waals surface area contributed by atoms with Gasteiger partial charge in [0.15, 0.2) is 0 Å². The molecule has 3 aromatic rings. The van der Waals surface area contributed by atoms with E-state index in [1.165, 1.54) is 0 Å². The van der Waals surface area contributed by atoms with Crippen LogP contribution in [-0.4, -0.2) is 19.8 Å². The molecular weight excluding hydrogens is 336 g/mol. The summed E-state index contributed by atoms with van der Waals surface area (Å²) in [6.45, 7) is 6.15. The minimum atomic E-state index is -0.306. The summed E-state index contributed by atoms with van der Waals surface area (Å²) in [6.07, 6.45) is 0. The normalized spacial score (nSPS) is 11.1. The van der Waals surface area contributed by atoms with Crippen molar-refractivity contribution in [3.05, 3.63) is 66.7 Å². The predicted molar refractivity (Wildman–Crippen MR) is 110 cm³/mol. The molecule has 0 spiro atoms. The van der Waals surface area contributed by atoms with Gasteiger partial charge in [0.25, 0.3) is 0 Å². The van der Waals surface area contributed by atoms with E-state index < -0.39 is 0 Å². The van der Waals surface area contributed by atoms with Crippen LogP contribution in [0.5, 0.6) is 17.2 Å². The first kappa shape index (κ1) is 18.8. The molecule has 0 aromatic heterocycles. The van der Waals surface area contributed by atoms with Gasteiger partial charge in [-0.2, -0.15) is 0 Å². The van der Waals surface area contributed by atoms with Gasteiger partial charge in [-0.25, -0.2) is 0 Å². The van der Waals surface area contributed by atoms with Gasteiger partial charge >= 0.3 is 0 Å². The molecule has 0 bridgehead atoms. The summed E-state index contributed by atoms with van der Waals surface area (Å²) in [4.78, 5) is 0. The highest BCUT2D eigenvalue weighted by Gasteiger charge is 2.19. The van der Waals surface area contributed by atoms with Crippen LogP contribution in [-0.2, 0) is 0 Å². The van der Waals surface area contributed by atoms with Crippen LogP contribution in [0.1, 0.15) is 20.8 Å². The fourth-order valence-electron chi connectivity index (χ4n) is 2.92. The van der Waals surface area contributed by atoms with Crippen molar-refractivity contribution in [2.24, 2.45) is 0 Å². The molecule has 3 nitrogen and oxygen atoms in total. The van der Waals surface area contributed by atoms with Crippen molar-refractivity contribution in [1.82, 2.24) is 0 Å². The quantitative estimate of drug-likeness (QED) is 0.556. The summed E-state index contributed by atoms with van der Waals surface area (Å²) in [7, 11) is 3.34. The molecule has 139 valence electrons. The van der Waals surface area contributed by atoms with Gasteiger partial charge < -0.3 is 14.2 Å². The third-order valence-corrected chi connectivity index (χ3v) is 4.13. The lowest BCUT2D eigenvalue weighted by Gasteiger charge is -2.25. The first-order valence-corrected chi connectivity index (χ1v) is 8.94. The summed E-state index contributed by atoms with van der Waals surface area (Å²) in [5.74, 6) is 2.48. The van der Waals surface area contributed by atoms with Crippen molar-refractivity contribution >= 4 is 0 Å². The smallest absolute Gasteiger partial charge is 0.128 e. The third kappa shape index (κ3) is 4.43. The van der Waals surface area contributed by atoms with Gasteiger partial charge in [0.1, 0.15) is 22.8 Å². The summed E-state index contributed by atoms with van der Waals surface area (Å²) in [5, 5.41) is 0. The summed E-state index contributed by atoms with van der Waals surface area (Å²) in [6, 6.07) is 23.3. The second-order valence-corrected chi connectivity index (χ2v) is 7.26. The minimum Gasteiger partial charge on any atom is -0.497 e. The van der Waals surface area contributed by atoms with Crippen molar-refractivity contribution in [3.8, 4) is 39.5 Å². The lowest BCUT2D eigenvalue weighted by Crippen LogP contribution is -2.23. The number of rotatable bonds is 5. The lowest BCUT2D eigenvalue weighted by atomic mass is 9.93. The van der Waals surface area contributed by atoms with E-state index in [4.69, 9.17) is 14.2 Å². The van der Waals surface area contributed by atoms with E-state index in [-0.39, 0.29) is 5.60 Å². The van der Waals surface area contributed by atoms with E-state index >= 15 is 0 Å². The molecule has 0 saturated carbocycles. The second-order valence-electron chi connectivity index (χ2n) is 7.26. The predicted octanol–water partition coefficient (Wildman–Crippen LogP) is 6.02. The highest BCUT2D eigenvalue weighted by Crippen LogP contribution is 2.41. The minimum absolute atomic E-state index is 0.306. The van der Waals surface area contributed by atoms with Crippen LogP contribution in [0, 0.1) is 6.07 Å². The Labute approximate surface area is 161 Å². The number of methoxy groups -OCH3 is 2. The highest BCUT2D eigenvalue weighted by molar-refractivity contribution is 5.87. The van der Waals surface area contributed by atoms with Crippen LogP contribution in [0.3, 0.4) is 0 Å². The average Bonchev–Trinajstić information content (AvgIpc) is 2.67. The lowest BCUT2D eigenvalue weighted by molar-refractivity contribution is 0.132. The molecule has 0 atom stereocenters. The Hall–Kier alpha value is -2.94. The summed E-state index contributed by atoms with van der Waals surface area (Å²) in [5.41, 5.74) is 3.81. The van der Waals surface area contributed by atoms with Crippen molar-refractivity contribution in [1.29, 1.82) is 0 Å². The molecule has 0 heterocycles. The van der Waals surface area contributed by atoms with Crippen LogP contribution in [0.2, 0.25) is 0 Å². The number of ether oxygens (including phenoxy) is 3. The molecule has 3 aromatic carbocycles. The Balaban J connectivity index is 2.17. The highest BCUT2D eigenvalue weighted by atomic mass is 16.5. The van der Waals surface area contributed by atoms with Gasteiger partial charge in [-0.05, 0) is 68.3 Å². The van der Waals surface area contributed by atoms with Crippen LogP contribution < -0.4 is 14.2 Å². The van der Waals surface area contributed by atoms with Crippen LogP contribution in [0.4, 0.5) is 0 Å². The Morgan fingerprint density at radius 2 is 1.22 bits per heavy atom. The SMILES string of the molecule is COc1ccc(-c2[c]ccc(OC(C)(C)C)c2-c2ccc(OC)cc2)cc1. The largest absolute Gasteiger partial charge is 0.497 e. The molecule has 0 saturated heterocycles. The maximum atomic E-state index is 6.27. The molecule has 0 amide bonds. The van der Waals surface area contributed by atoms with Crippen molar-refractivity contribution in [2.75, 3.05) is 14.2 Å². The van der Waals surface area contributed by atoms with Crippen LogP contribution in [0.25, 0.3) is 22.3 Å². The molecule has 0 aliphatic heterocycles. The fraction of sp³-hybridized carbons (Fsp3) is 0.250. The van der Waals surface area contributed by atoms with E-state index in [0.29, 0.717) is 0 Å². The number of hydrogen-bond acceptors (Lipinski definition) is 3. The Morgan fingerprint density at radius 3 is 1.70 bits per heavy atom. The number of benzene rings is 3. The fourth-order valence-corrected chi connectivity index (χ4v) is 2.92. The molecule has 0 aliphatic rings. The zero-order chi connectivity index (χ0) is 19.4. The Morgan fingerprint density at radius 1 is 0.704 bits per heavy atom. The van der Waals surface area contributed by atoms with Gasteiger partial charge in [-0.3, -0.25) is 0 Å². The standard InChI is InChI=1S/C24H25O3/c1-24(2,3)27-22-8-6-7-21(17-9-13-19(25-4)14-10-17)23(22)18-11-15-20(26-5)16-12-18/h6,8-16H,1-5H3. The van der Waals surface area contributed by atoms with Crippen molar-refractivity contribution < 1.29 is 14.2 Å². The second kappa shape index (κ2) is 7.75. The zero-order valence-electron chi connectivity index (χ0n) is 16.5. The molecule has 0 aliphatic carbocycles. The molecule has 3 rings (SSSR count). The molecule has 3 heteroatoms. The molecule has 27 heavy (non-hydrogen) atoms. The number of hydrogen-bond donors (Lipinski definition) is 0. The molecule has 1 radical (unpaired) electrons. The monoisotopic (exact) mass is 361 g/mol. The van der Waals surface area contributed by atoms with Crippen LogP contribution in [0.15, 0.2) is 60.7 Å². The first-order chi connectivity index (χ1) is 12.9. The van der Waals surface area contributed by atoms with E-state index in [2.05, 4.69) is 26.8 Å². The molecule has 0 N–H and O–H groups in total. The van der Waals surface area contributed by atoms with Crippen molar-refractivity contribution in [2.45, 2.75) is 26.4 Å². The first-order valence-electron chi connectivity index (χ1n) is 8.94. The zero-order valence-corrected chi connectivity index (χ0v) is 16.5. The Bertz CT molecular complexity index is 888. The molecular formula is C24H25O3. The Kier molecular flexibility index (Phi) is 5.41. The summed E-state index contributed by atoms with van der Waals surface area (Å²) >= 11 is 0.